The number of aliphatic hydroxyl groups excluding tert-OH is 4. The van der Waals surface area contributed by atoms with Crippen molar-refractivity contribution in [2.24, 2.45) is 72.5 Å². The molecule has 0 spiro atoms. The summed E-state index contributed by atoms with van der Waals surface area (Å²) in [5, 5.41) is 95.7. The van der Waals surface area contributed by atoms with Crippen molar-refractivity contribution in [2.75, 3.05) is 59.1 Å². The minimum atomic E-state index is -1.84. The molecule has 37 N–H and O–H groups in total. The lowest BCUT2D eigenvalue weighted by molar-refractivity contribution is -0.140. The Morgan fingerprint density at radius 3 is 1.28 bits per heavy atom. The lowest BCUT2D eigenvalue weighted by atomic mass is 9.98. The van der Waals surface area contributed by atoms with Gasteiger partial charge in [-0.1, -0.05) is 121 Å². The second-order valence-electron chi connectivity index (χ2n) is 30.9. The van der Waals surface area contributed by atoms with Gasteiger partial charge in [0.2, 0.25) is 70.9 Å². The monoisotopic (exact) mass is 1780 g/mol. The van der Waals surface area contributed by atoms with E-state index in [4.69, 9.17) is 56.7 Å². The maximum absolute atomic E-state index is 14.7. The van der Waals surface area contributed by atoms with E-state index < -0.39 is 207 Å². The third kappa shape index (κ3) is 53.3. The molecule has 0 bridgehead atoms. The quantitative estimate of drug-likeness (QED) is 0.0125. The number of aliphatic imine (C=N–C) groups is 3. The van der Waals surface area contributed by atoms with E-state index in [1.807, 2.05) is 0 Å². The van der Waals surface area contributed by atoms with Crippen LogP contribution in [0.2, 0.25) is 0 Å². The Morgan fingerprint density at radius 2 is 0.832 bits per heavy atom. The highest BCUT2D eigenvalue weighted by Crippen LogP contribution is 2.18. The molecule has 12 amide bonds. The smallest absolute Gasteiger partial charge is 0.305 e. The number of hydrogen-bond acceptors (Lipinski definition) is 25. The maximum Gasteiger partial charge on any atom is 0.305 e. The van der Waals surface area contributed by atoms with Gasteiger partial charge < -0.3 is 146 Å². The first kappa shape index (κ1) is 112. The molecule has 0 heterocycles. The fourth-order valence-corrected chi connectivity index (χ4v) is 13.0. The van der Waals surface area contributed by atoms with Gasteiger partial charge in [0.25, 0.3) is 0 Å². The van der Waals surface area contributed by atoms with E-state index in [1.165, 1.54) is 51.4 Å². The summed E-state index contributed by atoms with van der Waals surface area (Å²) in [6.45, 7) is 2.01. The fourth-order valence-electron chi connectivity index (χ4n) is 13.0. The molecule has 710 valence electrons. The molecule has 125 heavy (non-hydrogen) atoms. The summed E-state index contributed by atoms with van der Waals surface area (Å²) >= 11 is 0. The Morgan fingerprint density at radius 1 is 0.408 bits per heavy atom. The number of aliphatic carboxylic acids is 2. The van der Waals surface area contributed by atoms with Gasteiger partial charge in [-0.3, -0.25) is 87.4 Å². The van der Waals surface area contributed by atoms with Crippen molar-refractivity contribution in [3.05, 3.63) is 35.9 Å². The molecular weight excluding hydrogens is 1630 g/mol. The van der Waals surface area contributed by atoms with Crippen molar-refractivity contribution in [2.45, 2.75) is 299 Å². The Hall–Kier alpha value is -10.7. The number of hydrogen-bond donors (Lipinski definition) is 28. The highest BCUT2D eigenvalue weighted by molar-refractivity contribution is 5.98. The molecule has 0 saturated carbocycles. The number of carboxylic acids is 2. The van der Waals surface area contributed by atoms with Gasteiger partial charge in [0, 0.05) is 70.4 Å². The molecule has 4 unspecified atom stereocenters. The first-order chi connectivity index (χ1) is 59.5. The van der Waals surface area contributed by atoms with Crippen LogP contribution in [-0.2, 0) is 73.5 Å². The van der Waals surface area contributed by atoms with Gasteiger partial charge in [-0.25, -0.2) is 0 Å². The largest absolute Gasteiger partial charge is 0.481 e. The maximum atomic E-state index is 14.7. The molecule has 0 aliphatic heterocycles. The van der Waals surface area contributed by atoms with Crippen LogP contribution in [0.1, 0.15) is 219 Å². The molecule has 0 aromatic heterocycles. The molecule has 45 heteroatoms. The highest BCUT2D eigenvalue weighted by atomic mass is 16.4. The van der Waals surface area contributed by atoms with Crippen LogP contribution < -0.4 is 121 Å². The molecule has 0 aliphatic carbocycles. The number of rotatable bonds is 73. The lowest BCUT2D eigenvalue weighted by Gasteiger charge is -2.30. The number of guanidine groups is 3. The number of carbonyl (C=O) groups excluding carboxylic acids is 12. The van der Waals surface area contributed by atoms with E-state index in [-0.39, 0.29) is 140 Å². The molecule has 0 aliphatic rings. The van der Waals surface area contributed by atoms with Gasteiger partial charge in [0.1, 0.15) is 60.6 Å². The zero-order valence-electron chi connectivity index (χ0n) is 72.7. The first-order valence-corrected chi connectivity index (χ1v) is 43.2. The predicted molar refractivity (Wildman–Crippen MR) is 467 cm³/mol. The molecule has 1 aromatic rings. The molecule has 0 radical (unpaired) electrons. The number of benzene rings is 1. The average Bonchev–Trinajstić information content (AvgIpc) is 0.862. The van der Waals surface area contributed by atoms with Crippen LogP contribution in [0.25, 0.3) is 0 Å². The Labute approximate surface area is 730 Å². The van der Waals surface area contributed by atoms with Crippen LogP contribution in [0.5, 0.6) is 0 Å². The van der Waals surface area contributed by atoms with E-state index >= 15 is 0 Å². The van der Waals surface area contributed by atoms with E-state index in [1.54, 1.807) is 37.3 Å². The second kappa shape index (κ2) is 66.7. The summed E-state index contributed by atoms with van der Waals surface area (Å²) in [7, 11) is 0. The summed E-state index contributed by atoms with van der Waals surface area (Å²) in [4.78, 5) is 201. The SMILES string of the molecule is CCCCCCCCCCCCCCCC(=O)N[C@@H](Cc1ccccc1)C(=O)N[C@@H](CCCNC(C)N)C(=O)N[C@@H](CO)C(=O)NC(CCO)CC(=O)N[C@@H](CCCN=C(N)N)C(=O)NCC(CCC(=O)O)C(O)N[C@@H](CCCCN)C(=O)N[C@@H](CCCN=C(N)N)C(=O)N[C@@H](CCCN=C(N)N)C(=O)N[C@@H](CO)C(=O)N[C@@H](C)C(=O)N[C@@H](CC(=O)O)C(N)=O. The van der Waals surface area contributed by atoms with Crippen molar-refractivity contribution >= 4 is 101 Å². The number of primary amides is 1. The summed E-state index contributed by atoms with van der Waals surface area (Å²) in [5.41, 5.74) is 51.0. The van der Waals surface area contributed by atoms with Crippen molar-refractivity contribution in [3.63, 3.8) is 0 Å². The molecule has 0 fully saturated rings. The number of amides is 12. The standard InChI is InChI=1S/C80H145N25O20/c1-4-5-6-7-8-9-10-11-12-13-14-15-19-33-63(109)98-60(43-51-26-17-16-18-27-51)75(123)102-58(30-22-38-90-50(3)82)74(122)105-62(48-108)77(125)96-53(36-42-106)44-64(110)97-54(29-23-39-91-78(84)85)70(118)94-46-52(34-35-65(111)112)69(117)99-55(28-20-21-37-81)71(119)100-56(31-24-40-92-79(86)87)72(120)101-57(32-25-41-93-80(88)89)73(121)104-61(47-107)76(124)95-49(2)68(116)103-59(67(83)115)45-66(113)114/h16-18,26-27,49-50,52-62,69,90,99,106-108,117H,4-15,19-25,28-48,81-82H2,1-3H3,(H2,83,115)(H,94,118)(H,95,124)(H,96,125)(H,97,110)(H,98,109)(H,100,119)(H,101,120)(H,102,123)(H,103,116)(H,104,121)(H,105,122)(H,111,112)(H,113,114)(H4,84,85,91)(H4,86,87,92)(H4,88,89,93)/t49-,50?,52?,53?,54-,55-,56-,57-,58-,59-,60-,61-,62-,69?/m0/s1. The van der Waals surface area contributed by atoms with Crippen molar-refractivity contribution < 1.29 is 97.8 Å². The fraction of sp³-hybridized carbons (Fsp3) is 0.713. The van der Waals surface area contributed by atoms with E-state index in [0.29, 0.717) is 19.4 Å². The number of unbranched alkanes of at least 4 members (excludes halogenated alkanes) is 13. The van der Waals surface area contributed by atoms with Gasteiger partial charge in [0.15, 0.2) is 17.9 Å². The van der Waals surface area contributed by atoms with Crippen LogP contribution in [-0.4, -0.2) is 269 Å². The third-order valence-corrected chi connectivity index (χ3v) is 20.0. The minimum absolute atomic E-state index is 0.00102. The predicted octanol–water partition coefficient (Wildman–Crippen LogP) is -5.87. The Balaban J connectivity index is 3.60. The summed E-state index contributed by atoms with van der Waals surface area (Å²) in [6, 6.07) is -7.53. The summed E-state index contributed by atoms with van der Waals surface area (Å²) in [6.07, 6.45) is 9.82. The third-order valence-electron chi connectivity index (χ3n) is 20.0. The van der Waals surface area contributed by atoms with E-state index in [9.17, 15) is 92.7 Å². The molecule has 45 nitrogen and oxygen atoms in total. The number of aliphatic hydroxyl groups is 4. The van der Waals surface area contributed by atoms with Crippen molar-refractivity contribution in [1.29, 1.82) is 0 Å². The number of nitrogens with two attached hydrogens (primary N) is 9. The van der Waals surface area contributed by atoms with Crippen LogP contribution in [0.3, 0.4) is 0 Å². The topological polar surface area (TPSA) is 788 Å². The van der Waals surface area contributed by atoms with Gasteiger partial charge in [0.05, 0.1) is 31.8 Å². The normalized spacial score (nSPS) is 14.5. The summed E-state index contributed by atoms with van der Waals surface area (Å²) in [5.74, 6) is -16.2. The number of carbonyl (C=O) groups is 14. The van der Waals surface area contributed by atoms with E-state index in [0.717, 1.165) is 38.2 Å². The molecule has 1 aromatic carbocycles. The molecule has 14 atom stereocenters. The molecule has 0 saturated heterocycles. The van der Waals surface area contributed by atoms with Crippen molar-refractivity contribution in [3.8, 4) is 0 Å². The number of nitrogens with zero attached hydrogens (tertiary/aromatic N) is 3. The van der Waals surface area contributed by atoms with Gasteiger partial charge in [-0.05, 0) is 116 Å². The van der Waals surface area contributed by atoms with Crippen LogP contribution >= 0.6 is 0 Å². The van der Waals surface area contributed by atoms with Gasteiger partial charge in [-0.15, -0.1) is 0 Å². The number of carboxylic acid groups (broad SMARTS) is 2. The zero-order valence-corrected chi connectivity index (χ0v) is 72.7. The van der Waals surface area contributed by atoms with Crippen LogP contribution in [0, 0.1) is 5.92 Å². The van der Waals surface area contributed by atoms with E-state index in [2.05, 4.69) is 91.0 Å². The molecule has 1 rings (SSSR count). The lowest BCUT2D eigenvalue weighted by Crippen LogP contribution is -2.60. The second-order valence-corrected chi connectivity index (χ2v) is 30.9. The van der Waals surface area contributed by atoms with Gasteiger partial charge >= 0.3 is 11.9 Å². The van der Waals surface area contributed by atoms with Crippen LogP contribution in [0.4, 0.5) is 0 Å². The average molecular weight is 1780 g/mol. The number of nitrogens with one attached hydrogen (secondary N) is 13. The van der Waals surface area contributed by atoms with Crippen molar-refractivity contribution in [1.82, 2.24) is 69.1 Å². The highest BCUT2D eigenvalue weighted by Gasteiger charge is 2.36. The molecular formula is C80H145N25O20. The Bertz CT molecular complexity index is 3500. The zero-order chi connectivity index (χ0) is 93.6. The minimum Gasteiger partial charge on any atom is -0.481 e. The Kier molecular flexibility index (Phi) is 60.0. The van der Waals surface area contributed by atoms with Crippen LogP contribution in [0.15, 0.2) is 45.3 Å². The summed E-state index contributed by atoms with van der Waals surface area (Å²) < 4.78 is 0. The first-order valence-electron chi connectivity index (χ1n) is 43.2. The van der Waals surface area contributed by atoms with Gasteiger partial charge in [-0.2, -0.15) is 0 Å².